The lowest BCUT2D eigenvalue weighted by Gasteiger charge is -2.18. The van der Waals surface area contributed by atoms with E-state index < -0.39 is 0 Å². The van der Waals surface area contributed by atoms with Crippen LogP contribution >= 0.6 is 0 Å². The third-order valence-corrected chi connectivity index (χ3v) is 3.51. The van der Waals surface area contributed by atoms with Crippen LogP contribution in [0.5, 0.6) is 0 Å². The number of nitrogens with zero attached hydrogens (tertiary/aromatic N) is 2. The Hall–Kier alpha value is -2.26. The third kappa shape index (κ3) is 2.40. The molecule has 1 aromatic carbocycles. The van der Waals surface area contributed by atoms with Crippen LogP contribution < -0.4 is 5.32 Å². The van der Waals surface area contributed by atoms with E-state index >= 15 is 0 Å². The Morgan fingerprint density at radius 3 is 2.60 bits per heavy atom. The Kier molecular flexibility index (Phi) is 3.44. The van der Waals surface area contributed by atoms with E-state index in [1.165, 1.54) is 11.1 Å². The highest BCUT2D eigenvalue weighted by atomic mass is 14.9. The van der Waals surface area contributed by atoms with Gasteiger partial charge in [0.05, 0.1) is 11.6 Å². The lowest BCUT2D eigenvalue weighted by atomic mass is 9.98. The van der Waals surface area contributed by atoms with Crippen LogP contribution in [-0.2, 0) is 0 Å². The smallest absolute Gasteiger partial charge is 0.0705 e. The predicted octanol–water partition coefficient (Wildman–Crippen LogP) is 3.25. The van der Waals surface area contributed by atoms with E-state index in [1.54, 1.807) is 0 Å². The van der Waals surface area contributed by atoms with Crippen LogP contribution in [0.3, 0.4) is 0 Å². The van der Waals surface area contributed by atoms with Crippen molar-refractivity contribution in [1.29, 1.82) is 0 Å². The molecule has 3 nitrogen and oxygen atoms in total. The van der Waals surface area contributed by atoms with Crippen LogP contribution in [0.4, 0.5) is 0 Å². The Morgan fingerprint density at radius 1 is 0.950 bits per heavy atom. The molecule has 0 spiro atoms. The molecule has 100 valence electrons. The first-order valence-electron chi connectivity index (χ1n) is 6.72. The summed E-state index contributed by atoms with van der Waals surface area (Å²) in [6, 6.07) is 14.8. The van der Waals surface area contributed by atoms with E-state index in [9.17, 15) is 0 Å². The minimum Gasteiger partial charge on any atom is -0.309 e. The normalized spacial score (nSPS) is 12.5. The molecule has 0 aliphatic carbocycles. The molecule has 0 fully saturated rings. The van der Waals surface area contributed by atoms with E-state index in [0.717, 1.165) is 16.6 Å². The largest absolute Gasteiger partial charge is 0.309 e. The van der Waals surface area contributed by atoms with Crippen molar-refractivity contribution in [3.8, 4) is 0 Å². The minimum atomic E-state index is 0.156. The molecule has 3 heteroatoms. The maximum atomic E-state index is 4.43. The standard InChI is InChI=1S/C17H17N3/c1-12-10-15(7-9-19-12)17(18-2)14-6-5-13-4-3-8-20-16(13)11-14/h3-11,17-18H,1-2H3. The fourth-order valence-electron chi connectivity index (χ4n) is 2.54. The summed E-state index contributed by atoms with van der Waals surface area (Å²) in [5, 5.41) is 4.53. The fraction of sp³-hybridized carbons (Fsp3) is 0.176. The average Bonchev–Trinajstić information content (AvgIpc) is 2.48. The first-order chi connectivity index (χ1) is 9.78. The molecule has 1 unspecified atom stereocenters. The van der Waals surface area contributed by atoms with Crippen molar-refractivity contribution in [3.05, 3.63) is 71.7 Å². The molecular weight excluding hydrogens is 246 g/mol. The van der Waals surface area contributed by atoms with Crippen LogP contribution in [0, 0.1) is 6.92 Å². The van der Waals surface area contributed by atoms with Gasteiger partial charge in [0.2, 0.25) is 0 Å². The monoisotopic (exact) mass is 263 g/mol. The summed E-state index contributed by atoms with van der Waals surface area (Å²) in [5.74, 6) is 0. The molecule has 0 aliphatic heterocycles. The van der Waals surface area contributed by atoms with Crippen LogP contribution in [-0.4, -0.2) is 17.0 Å². The Balaban J connectivity index is 2.07. The van der Waals surface area contributed by atoms with Crippen molar-refractivity contribution in [1.82, 2.24) is 15.3 Å². The maximum absolute atomic E-state index is 4.43. The topological polar surface area (TPSA) is 37.8 Å². The van der Waals surface area contributed by atoms with E-state index in [1.807, 2.05) is 32.4 Å². The molecule has 0 amide bonds. The molecular formula is C17H17N3. The lowest BCUT2D eigenvalue weighted by molar-refractivity contribution is 0.690. The predicted molar refractivity (Wildman–Crippen MR) is 81.6 cm³/mol. The van der Waals surface area contributed by atoms with Gasteiger partial charge in [-0.05, 0) is 49.4 Å². The second-order valence-corrected chi connectivity index (χ2v) is 4.91. The molecule has 3 rings (SSSR count). The maximum Gasteiger partial charge on any atom is 0.0705 e. The van der Waals surface area contributed by atoms with Gasteiger partial charge in [-0.15, -0.1) is 0 Å². The molecule has 0 saturated heterocycles. The van der Waals surface area contributed by atoms with E-state index in [2.05, 4.69) is 51.7 Å². The molecule has 0 aliphatic rings. The van der Waals surface area contributed by atoms with Gasteiger partial charge in [0, 0.05) is 23.5 Å². The summed E-state index contributed by atoms with van der Waals surface area (Å²) in [6.45, 7) is 2.01. The van der Waals surface area contributed by atoms with Gasteiger partial charge in [-0.1, -0.05) is 18.2 Å². The van der Waals surface area contributed by atoms with Crippen molar-refractivity contribution in [2.24, 2.45) is 0 Å². The van der Waals surface area contributed by atoms with Crippen LogP contribution in [0.1, 0.15) is 22.9 Å². The lowest BCUT2D eigenvalue weighted by Crippen LogP contribution is -2.17. The molecule has 2 aromatic heterocycles. The molecule has 20 heavy (non-hydrogen) atoms. The second kappa shape index (κ2) is 5.39. The molecule has 1 atom stereocenters. The number of hydrogen-bond donors (Lipinski definition) is 1. The highest BCUT2D eigenvalue weighted by Crippen LogP contribution is 2.24. The number of aromatic nitrogens is 2. The number of rotatable bonds is 3. The number of benzene rings is 1. The number of hydrogen-bond acceptors (Lipinski definition) is 3. The quantitative estimate of drug-likeness (QED) is 0.788. The van der Waals surface area contributed by atoms with Crippen molar-refractivity contribution < 1.29 is 0 Å². The molecule has 0 saturated carbocycles. The molecule has 1 N–H and O–H groups in total. The van der Waals surface area contributed by atoms with Crippen molar-refractivity contribution in [2.75, 3.05) is 7.05 Å². The zero-order valence-electron chi connectivity index (χ0n) is 11.7. The van der Waals surface area contributed by atoms with Gasteiger partial charge in [-0.2, -0.15) is 0 Å². The first kappa shape index (κ1) is 12.8. The number of nitrogens with one attached hydrogen (secondary N) is 1. The minimum absolute atomic E-state index is 0.156. The van der Waals surface area contributed by atoms with Crippen LogP contribution in [0.15, 0.2) is 54.9 Å². The zero-order valence-corrected chi connectivity index (χ0v) is 11.7. The van der Waals surface area contributed by atoms with Gasteiger partial charge in [0.1, 0.15) is 0 Å². The fourth-order valence-corrected chi connectivity index (χ4v) is 2.54. The highest BCUT2D eigenvalue weighted by molar-refractivity contribution is 5.79. The van der Waals surface area contributed by atoms with Gasteiger partial charge in [-0.3, -0.25) is 9.97 Å². The van der Waals surface area contributed by atoms with Crippen molar-refractivity contribution >= 4 is 10.9 Å². The van der Waals surface area contributed by atoms with Crippen molar-refractivity contribution in [3.63, 3.8) is 0 Å². The molecule has 0 bridgehead atoms. The Morgan fingerprint density at radius 2 is 1.80 bits per heavy atom. The summed E-state index contributed by atoms with van der Waals surface area (Å²) < 4.78 is 0. The van der Waals surface area contributed by atoms with E-state index in [-0.39, 0.29) is 6.04 Å². The van der Waals surface area contributed by atoms with E-state index in [4.69, 9.17) is 0 Å². The van der Waals surface area contributed by atoms with Crippen molar-refractivity contribution in [2.45, 2.75) is 13.0 Å². The molecule has 2 heterocycles. The number of pyridine rings is 2. The zero-order chi connectivity index (χ0) is 13.9. The number of aryl methyl sites for hydroxylation is 1. The Bertz CT molecular complexity index is 737. The van der Waals surface area contributed by atoms with Gasteiger partial charge in [-0.25, -0.2) is 0 Å². The second-order valence-electron chi connectivity index (χ2n) is 4.91. The van der Waals surface area contributed by atoms with Gasteiger partial charge < -0.3 is 5.32 Å². The summed E-state index contributed by atoms with van der Waals surface area (Å²) in [6.07, 6.45) is 3.69. The summed E-state index contributed by atoms with van der Waals surface area (Å²) >= 11 is 0. The van der Waals surface area contributed by atoms with E-state index in [0.29, 0.717) is 0 Å². The van der Waals surface area contributed by atoms with Crippen LogP contribution in [0.25, 0.3) is 10.9 Å². The SMILES string of the molecule is CNC(c1ccnc(C)c1)c1ccc2cccnc2c1. The molecule has 3 aromatic rings. The third-order valence-electron chi connectivity index (χ3n) is 3.51. The van der Waals surface area contributed by atoms with Crippen LogP contribution in [0.2, 0.25) is 0 Å². The highest BCUT2D eigenvalue weighted by Gasteiger charge is 2.12. The summed E-state index contributed by atoms with van der Waals surface area (Å²) in [5.41, 5.74) is 4.48. The molecule has 0 radical (unpaired) electrons. The average molecular weight is 263 g/mol. The summed E-state index contributed by atoms with van der Waals surface area (Å²) in [4.78, 5) is 8.69. The summed E-state index contributed by atoms with van der Waals surface area (Å²) in [7, 11) is 1.98. The van der Waals surface area contributed by atoms with Gasteiger partial charge in [0.15, 0.2) is 0 Å². The first-order valence-corrected chi connectivity index (χ1v) is 6.72. The van der Waals surface area contributed by atoms with Gasteiger partial charge >= 0.3 is 0 Å². The number of fused-ring (bicyclic) bond motifs is 1. The van der Waals surface area contributed by atoms with Gasteiger partial charge in [0.25, 0.3) is 0 Å². The Labute approximate surface area is 118 Å².